The first kappa shape index (κ1) is 13.7. The lowest BCUT2D eigenvalue weighted by Crippen LogP contribution is -2.14. The minimum Gasteiger partial charge on any atom is -0.324 e. The third kappa shape index (κ3) is 3.19. The first-order chi connectivity index (χ1) is 8.58. The normalized spacial score (nSPS) is 12.4. The second-order valence-electron chi connectivity index (χ2n) is 4.07. The van der Waals surface area contributed by atoms with E-state index in [1.807, 2.05) is 24.3 Å². The van der Waals surface area contributed by atoms with Gasteiger partial charge in [0.2, 0.25) is 0 Å². The summed E-state index contributed by atoms with van der Waals surface area (Å²) in [7, 11) is 0. The van der Waals surface area contributed by atoms with E-state index in [0.717, 1.165) is 20.1 Å². The molecule has 0 aliphatic carbocycles. The highest BCUT2D eigenvalue weighted by atomic mass is 79.9. The van der Waals surface area contributed by atoms with E-state index < -0.39 is 0 Å². The summed E-state index contributed by atoms with van der Waals surface area (Å²) in [5.41, 5.74) is 8.07. The van der Waals surface area contributed by atoms with Gasteiger partial charge in [0.05, 0.1) is 0 Å². The Morgan fingerprint density at radius 3 is 2.50 bits per heavy atom. The van der Waals surface area contributed by atoms with E-state index in [2.05, 4.69) is 31.9 Å². The van der Waals surface area contributed by atoms with Gasteiger partial charge in [-0.25, -0.2) is 4.39 Å². The summed E-state index contributed by atoms with van der Waals surface area (Å²) in [6.07, 6.45) is 0.584. The van der Waals surface area contributed by atoms with Crippen LogP contribution in [0.5, 0.6) is 0 Å². The number of halogens is 3. The molecule has 1 nitrogen and oxygen atoms in total. The Labute approximate surface area is 122 Å². The van der Waals surface area contributed by atoms with E-state index in [1.54, 1.807) is 6.07 Å². The van der Waals surface area contributed by atoms with Gasteiger partial charge in [-0.1, -0.05) is 50.1 Å². The van der Waals surface area contributed by atoms with E-state index >= 15 is 0 Å². The van der Waals surface area contributed by atoms with Crippen molar-refractivity contribution >= 4 is 31.9 Å². The fourth-order valence-electron chi connectivity index (χ4n) is 1.82. The molecule has 0 heterocycles. The molecule has 0 radical (unpaired) electrons. The van der Waals surface area contributed by atoms with Crippen LogP contribution >= 0.6 is 31.9 Å². The summed E-state index contributed by atoms with van der Waals surface area (Å²) < 4.78 is 15.1. The molecule has 0 saturated heterocycles. The van der Waals surface area contributed by atoms with Crippen molar-refractivity contribution in [1.29, 1.82) is 0 Å². The molecule has 0 saturated carbocycles. The van der Waals surface area contributed by atoms with Gasteiger partial charge < -0.3 is 5.73 Å². The molecule has 18 heavy (non-hydrogen) atoms. The van der Waals surface area contributed by atoms with Crippen LogP contribution in [0.4, 0.5) is 4.39 Å². The first-order valence-electron chi connectivity index (χ1n) is 5.52. The second kappa shape index (κ2) is 5.95. The fourth-order valence-corrected chi connectivity index (χ4v) is 2.81. The van der Waals surface area contributed by atoms with Gasteiger partial charge in [0.25, 0.3) is 0 Å². The summed E-state index contributed by atoms with van der Waals surface area (Å²) in [6.45, 7) is 0. The van der Waals surface area contributed by atoms with Gasteiger partial charge in [0.15, 0.2) is 0 Å². The number of benzene rings is 2. The predicted octanol–water partition coefficient (Wildman–Crippen LogP) is 4.59. The lowest BCUT2D eigenvalue weighted by Gasteiger charge is -2.15. The molecular formula is C14H12Br2FN. The Morgan fingerprint density at radius 2 is 1.78 bits per heavy atom. The topological polar surface area (TPSA) is 26.0 Å². The molecular weight excluding hydrogens is 361 g/mol. The molecule has 2 aromatic rings. The van der Waals surface area contributed by atoms with Crippen molar-refractivity contribution in [3.63, 3.8) is 0 Å². The van der Waals surface area contributed by atoms with Gasteiger partial charge in [-0.2, -0.15) is 0 Å². The SMILES string of the molecule is NC(Cc1cc(F)ccc1Br)c1ccccc1Br. The quantitative estimate of drug-likeness (QED) is 0.837. The van der Waals surface area contributed by atoms with Crippen molar-refractivity contribution in [1.82, 2.24) is 0 Å². The van der Waals surface area contributed by atoms with Crippen molar-refractivity contribution in [2.75, 3.05) is 0 Å². The Morgan fingerprint density at radius 1 is 1.06 bits per heavy atom. The van der Waals surface area contributed by atoms with Crippen LogP contribution in [0.2, 0.25) is 0 Å². The summed E-state index contributed by atoms with van der Waals surface area (Å²) in [4.78, 5) is 0. The molecule has 2 N–H and O–H groups in total. The van der Waals surface area contributed by atoms with Crippen molar-refractivity contribution < 1.29 is 4.39 Å². The number of nitrogens with two attached hydrogens (primary N) is 1. The molecule has 0 spiro atoms. The zero-order chi connectivity index (χ0) is 13.1. The molecule has 1 atom stereocenters. The van der Waals surface area contributed by atoms with Crippen LogP contribution in [0.15, 0.2) is 51.4 Å². The smallest absolute Gasteiger partial charge is 0.123 e. The van der Waals surface area contributed by atoms with E-state index in [0.29, 0.717) is 6.42 Å². The molecule has 0 aromatic heterocycles. The van der Waals surface area contributed by atoms with Crippen LogP contribution < -0.4 is 5.73 Å². The molecule has 0 aliphatic heterocycles. The number of rotatable bonds is 3. The third-order valence-corrected chi connectivity index (χ3v) is 4.25. The number of hydrogen-bond donors (Lipinski definition) is 1. The third-order valence-electron chi connectivity index (χ3n) is 2.75. The van der Waals surface area contributed by atoms with Gasteiger partial charge in [0, 0.05) is 15.0 Å². The zero-order valence-electron chi connectivity index (χ0n) is 9.54. The van der Waals surface area contributed by atoms with E-state index in [9.17, 15) is 4.39 Å². The highest BCUT2D eigenvalue weighted by Crippen LogP contribution is 2.27. The molecule has 94 valence electrons. The zero-order valence-corrected chi connectivity index (χ0v) is 12.7. The minimum atomic E-state index is -0.243. The Kier molecular flexibility index (Phi) is 4.54. The standard InChI is InChI=1S/C14H12Br2FN/c15-12-6-5-10(17)7-9(12)8-14(18)11-3-1-2-4-13(11)16/h1-7,14H,8,18H2. The summed E-state index contributed by atoms with van der Waals surface area (Å²) in [5, 5.41) is 0. The van der Waals surface area contributed by atoms with Crippen LogP contribution in [0.3, 0.4) is 0 Å². The summed E-state index contributed by atoms with van der Waals surface area (Å²) in [5.74, 6) is -0.243. The second-order valence-corrected chi connectivity index (χ2v) is 5.78. The van der Waals surface area contributed by atoms with E-state index in [-0.39, 0.29) is 11.9 Å². The molecule has 0 aliphatic rings. The lowest BCUT2D eigenvalue weighted by atomic mass is 10.00. The van der Waals surface area contributed by atoms with Crippen LogP contribution in [-0.2, 0) is 6.42 Å². The Bertz CT molecular complexity index is 557. The maximum atomic E-state index is 13.2. The average Bonchev–Trinajstić information content (AvgIpc) is 2.34. The first-order valence-corrected chi connectivity index (χ1v) is 7.10. The molecule has 0 bridgehead atoms. The maximum Gasteiger partial charge on any atom is 0.123 e. The van der Waals surface area contributed by atoms with Crippen LogP contribution in [0.1, 0.15) is 17.2 Å². The van der Waals surface area contributed by atoms with Gasteiger partial charge in [-0.15, -0.1) is 0 Å². The predicted molar refractivity (Wildman–Crippen MR) is 78.9 cm³/mol. The van der Waals surface area contributed by atoms with Crippen molar-refractivity contribution in [2.24, 2.45) is 5.73 Å². The molecule has 4 heteroatoms. The lowest BCUT2D eigenvalue weighted by molar-refractivity contribution is 0.621. The Balaban J connectivity index is 2.24. The summed E-state index contributed by atoms with van der Waals surface area (Å²) >= 11 is 6.89. The molecule has 2 rings (SSSR count). The van der Waals surface area contributed by atoms with Crippen molar-refractivity contribution in [3.05, 3.63) is 68.4 Å². The molecule has 1 unspecified atom stereocenters. The highest BCUT2D eigenvalue weighted by Gasteiger charge is 2.12. The largest absolute Gasteiger partial charge is 0.324 e. The van der Waals surface area contributed by atoms with Gasteiger partial charge in [-0.05, 0) is 41.8 Å². The fraction of sp³-hybridized carbons (Fsp3) is 0.143. The van der Waals surface area contributed by atoms with Crippen LogP contribution in [-0.4, -0.2) is 0 Å². The van der Waals surface area contributed by atoms with Crippen molar-refractivity contribution in [2.45, 2.75) is 12.5 Å². The van der Waals surface area contributed by atoms with Crippen LogP contribution in [0, 0.1) is 5.82 Å². The maximum absolute atomic E-state index is 13.2. The van der Waals surface area contributed by atoms with Gasteiger partial charge in [0.1, 0.15) is 5.82 Å². The van der Waals surface area contributed by atoms with Gasteiger partial charge >= 0.3 is 0 Å². The van der Waals surface area contributed by atoms with Gasteiger partial charge in [-0.3, -0.25) is 0 Å². The van der Waals surface area contributed by atoms with E-state index in [1.165, 1.54) is 12.1 Å². The average molecular weight is 373 g/mol. The van der Waals surface area contributed by atoms with Crippen LogP contribution in [0.25, 0.3) is 0 Å². The minimum absolute atomic E-state index is 0.168. The van der Waals surface area contributed by atoms with E-state index in [4.69, 9.17) is 5.73 Å². The molecule has 0 amide bonds. The highest BCUT2D eigenvalue weighted by molar-refractivity contribution is 9.10. The molecule has 2 aromatic carbocycles. The molecule has 0 fully saturated rings. The summed E-state index contributed by atoms with van der Waals surface area (Å²) in [6, 6.07) is 12.3. The van der Waals surface area contributed by atoms with Crippen molar-refractivity contribution in [3.8, 4) is 0 Å². The number of hydrogen-bond acceptors (Lipinski definition) is 1. The monoisotopic (exact) mass is 371 g/mol. The Hall–Kier alpha value is -0.710.